The van der Waals surface area contributed by atoms with Crippen molar-refractivity contribution in [1.29, 1.82) is 0 Å². The van der Waals surface area contributed by atoms with Gasteiger partial charge in [0.1, 0.15) is 5.82 Å². The molecule has 0 aliphatic heterocycles. The van der Waals surface area contributed by atoms with Crippen LogP contribution < -0.4 is 5.32 Å². The molecule has 1 amide bonds. The van der Waals surface area contributed by atoms with Gasteiger partial charge in [-0.05, 0) is 64.0 Å². The number of aryl methyl sites for hydroxylation is 1. The van der Waals surface area contributed by atoms with Gasteiger partial charge in [0.15, 0.2) is 0 Å². The molecule has 1 aromatic rings. The summed E-state index contributed by atoms with van der Waals surface area (Å²) in [5.74, 6) is 8.00. The van der Waals surface area contributed by atoms with Crippen LogP contribution in [-0.2, 0) is 11.3 Å². The molecule has 0 saturated heterocycles. The zero-order chi connectivity index (χ0) is 21.2. The Labute approximate surface area is 176 Å². The third-order valence-corrected chi connectivity index (χ3v) is 5.88. The lowest BCUT2D eigenvalue weighted by molar-refractivity contribution is -0.121. The summed E-state index contributed by atoms with van der Waals surface area (Å²) >= 11 is 0. The fraction of sp³-hybridized carbons (Fsp3) is 0.600. The second-order valence-corrected chi connectivity index (χ2v) is 8.10. The first kappa shape index (κ1) is 23.0. The molecule has 4 heteroatoms. The highest BCUT2D eigenvalue weighted by Gasteiger charge is 2.24. The van der Waals surface area contributed by atoms with Crippen molar-refractivity contribution >= 4 is 11.5 Å². The zero-order valence-electron chi connectivity index (χ0n) is 18.8. The maximum Gasteiger partial charge on any atom is 0.220 e. The lowest BCUT2D eigenvalue weighted by Crippen LogP contribution is -2.32. The van der Waals surface area contributed by atoms with Gasteiger partial charge in [0.2, 0.25) is 5.91 Å². The highest BCUT2D eigenvalue weighted by atomic mass is 16.1. The summed E-state index contributed by atoms with van der Waals surface area (Å²) in [6.07, 6.45) is 12.9. The summed E-state index contributed by atoms with van der Waals surface area (Å²) in [6, 6.07) is 0.382. The first-order chi connectivity index (χ1) is 14.0. The molecular formula is C25H37N3O. The van der Waals surface area contributed by atoms with Crippen molar-refractivity contribution in [3.8, 4) is 11.8 Å². The summed E-state index contributed by atoms with van der Waals surface area (Å²) < 4.78 is 2.24. The van der Waals surface area contributed by atoms with Crippen molar-refractivity contribution in [3.63, 3.8) is 0 Å². The zero-order valence-corrected chi connectivity index (χ0v) is 18.8. The van der Waals surface area contributed by atoms with Gasteiger partial charge in [-0.2, -0.15) is 0 Å². The molecule has 1 heterocycles. The number of carbonyl (C=O) groups excluding carboxylic acids is 1. The number of nitrogens with zero attached hydrogens (tertiary/aromatic N) is 2. The van der Waals surface area contributed by atoms with Crippen molar-refractivity contribution in [2.24, 2.45) is 5.92 Å². The maximum atomic E-state index is 12.4. The highest BCUT2D eigenvalue weighted by molar-refractivity contribution is 5.76. The van der Waals surface area contributed by atoms with E-state index in [0.29, 0.717) is 12.5 Å². The predicted molar refractivity (Wildman–Crippen MR) is 121 cm³/mol. The largest absolute Gasteiger partial charge is 0.353 e. The number of hydrogen-bond acceptors (Lipinski definition) is 2. The number of aromatic nitrogens is 2. The molecule has 29 heavy (non-hydrogen) atoms. The van der Waals surface area contributed by atoms with Crippen LogP contribution in [0.15, 0.2) is 18.2 Å². The number of carbonyl (C=O) groups is 1. The van der Waals surface area contributed by atoms with Gasteiger partial charge in [-0.15, -0.1) is 0 Å². The fourth-order valence-corrected chi connectivity index (χ4v) is 3.98. The van der Waals surface area contributed by atoms with E-state index in [2.05, 4.69) is 48.6 Å². The van der Waals surface area contributed by atoms with E-state index in [1.165, 1.54) is 18.5 Å². The topological polar surface area (TPSA) is 46.9 Å². The van der Waals surface area contributed by atoms with Gasteiger partial charge in [0.25, 0.3) is 0 Å². The molecular weight excluding hydrogens is 358 g/mol. The van der Waals surface area contributed by atoms with E-state index in [9.17, 15) is 4.79 Å². The summed E-state index contributed by atoms with van der Waals surface area (Å²) in [5, 5.41) is 3.23. The summed E-state index contributed by atoms with van der Waals surface area (Å²) in [7, 11) is 0. The highest BCUT2D eigenvalue weighted by Crippen LogP contribution is 2.28. The van der Waals surface area contributed by atoms with E-state index in [4.69, 9.17) is 4.98 Å². The Morgan fingerprint density at radius 2 is 2.10 bits per heavy atom. The summed E-state index contributed by atoms with van der Waals surface area (Å²) in [6.45, 7) is 11.3. The van der Waals surface area contributed by atoms with E-state index in [0.717, 1.165) is 55.2 Å². The molecule has 0 spiro atoms. The van der Waals surface area contributed by atoms with Crippen molar-refractivity contribution in [2.75, 3.05) is 0 Å². The Balaban J connectivity index is 1.92. The molecule has 1 saturated carbocycles. The quantitative estimate of drug-likeness (QED) is 0.476. The van der Waals surface area contributed by atoms with Gasteiger partial charge in [0, 0.05) is 31.1 Å². The van der Waals surface area contributed by atoms with Crippen molar-refractivity contribution in [3.05, 3.63) is 35.4 Å². The molecule has 1 N–H and O–H groups in total. The molecule has 1 fully saturated rings. The SMILES string of the molecule is CCC#C/C=C\C=C(/C)c1nc(C)c(C)n1CCCC(=O)NC1CCC(CC)C1. The van der Waals surface area contributed by atoms with Crippen LogP contribution in [-0.4, -0.2) is 21.5 Å². The molecule has 2 atom stereocenters. The Kier molecular flexibility index (Phi) is 9.25. The standard InChI is InChI=1S/C25H37N3O/c1-6-8-9-10-11-13-19(3)25-26-20(4)21(5)28(25)17-12-14-24(29)27-23-16-15-22(7-2)18-23/h10-11,13,22-23H,6-7,12,14-18H2,1-5H3,(H,27,29)/b11-10-,19-13+. The lowest BCUT2D eigenvalue weighted by Gasteiger charge is -2.14. The van der Waals surface area contributed by atoms with Crippen LogP contribution in [0.2, 0.25) is 0 Å². The minimum Gasteiger partial charge on any atom is -0.353 e. The molecule has 0 radical (unpaired) electrons. The molecule has 2 unspecified atom stereocenters. The number of imidazole rings is 1. The van der Waals surface area contributed by atoms with E-state index in [1.807, 2.05) is 26.0 Å². The Hall–Kier alpha value is -2.28. The van der Waals surface area contributed by atoms with Crippen LogP contribution >= 0.6 is 0 Å². The first-order valence-corrected chi connectivity index (χ1v) is 11.1. The number of allylic oxidation sites excluding steroid dienone is 4. The van der Waals surface area contributed by atoms with Gasteiger partial charge in [-0.1, -0.05) is 44.3 Å². The van der Waals surface area contributed by atoms with Crippen molar-refractivity contribution < 1.29 is 4.79 Å². The van der Waals surface area contributed by atoms with Crippen LogP contribution in [0, 0.1) is 31.6 Å². The Morgan fingerprint density at radius 1 is 1.31 bits per heavy atom. The van der Waals surface area contributed by atoms with Crippen LogP contribution in [0.5, 0.6) is 0 Å². The van der Waals surface area contributed by atoms with Crippen LogP contribution in [0.4, 0.5) is 0 Å². The fourth-order valence-electron chi connectivity index (χ4n) is 3.98. The average Bonchev–Trinajstić information content (AvgIpc) is 3.27. The van der Waals surface area contributed by atoms with E-state index < -0.39 is 0 Å². The monoisotopic (exact) mass is 395 g/mol. The minimum atomic E-state index is 0.187. The second-order valence-electron chi connectivity index (χ2n) is 8.10. The summed E-state index contributed by atoms with van der Waals surface area (Å²) in [5.41, 5.74) is 3.32. The summed E-state index contributed by atoms with van der Waals surface area (Å²) in [4.78, 5) is 17.1. The van der Waals surface area contributed by atoms with Gasteiger partial charge in [-0.3, -0.25) is 4.79 Å². The van der Waals surface area contributed by atoms with Crippen molar-refractivity contribution in [1.82, 2.24) is 14.9 Å². The molecule has 0 aromatic carbocycles. The number of nitrogens with one attached hydrogen (secondary N) is 1. The third kappa shape index (κ3) is 6.92. The smallest absolute Gasteiger partial charge is 0.220 e. The number of amides is 1. The predicted octanol–water partition coefficient (Wildman–Crippen LogP) is 5.35. The van der Waals surface area contributed by atoms with Crippen LogP contribution in [0.25, 0.3) is 5.57 Å². The normalized spacial score (nSPS) is 19.4. The molecule has 1 aliphatic carbocycles. The first-order valence-electron chi connectivity index (χ1n) is 11.1. The molecule has 2 rings (SSSR count). The number of rotatable bonds is 8. The van der Waals surface area contributed by atoms with Gasteiger partial charge in [0.05, 0.1) is 5.69 Å². The van der Waals surface area contributed by atoms with Gasteiger partial charge >= 0.3 is 0 Å². The minimum absolute atomic E-state index is 0.187. The Bertz CT molecular complexity index is 804. The molecule has 1 aromatic heterocycles. The van der Waals surface area contributed by atoms with Crippen LogP contribution in [0.3, 0.4) is 0 Å². The van der Waals surface area contributed by atoms with Gasteiger partial charge < -0.3 is 9.88 Å². The average molecular weight is 396 g/mol. The third-order valence-electron chi connectivity index (χ3n) is 5.88. The van der Waals surface area contributed by atoms with Crippen LogP contribution in [0.1, 0.15) is 82.9 Å². The maximum absolute atomic E-state index is 12.4. The number of hydrogen-bond donors (Lipinski definition) is 1. The lowest BCUT2D eigenvalue weighted by atomic mass is 10.1. The van der Waals surface area contributed by atoms with Gasteiger partial charge in [-0.25, -0.2) is 4.98 Å². The van der Waals surface area contributed by atoms with E-state index in [1.54, 1.807) is 0 Å². The Morgan fingerprint density at radius 3 is 2.79 bits per heavy atom. The molecule has 4 nitrogen and oxygen atoms in total. The van der Waals surface area contributed by atoms with Crippen molar-refractivity contribution in [2.45, 2.75) is 92.2 Å². The van der Waals surface area contributed by atoms with E-state index in [-0.39, 0.29) is 5.91 Å². The molecule has 158 valence electrons. The second kappa shape index (κ2) is 11.7. The molecule has 0 bridgehead atoms. The molecule has 1 aliphatic rings. The van der Waals surface area contributed by atoms with E-state index >= 15 is 0 Å².